The molecule has 1 atom stereocenters. The van der Waals surface area contributed by atoms with Gasteiger partial charge in [0.25, 0.3) is 0 Å². The topological polar surface area (TPSA) is 47.4 Å². The van der Waals surface area contributed by atoms with Crippen LogP contribution in [0.5, 0.6) is 5.75 Å². The molecule has 1 unspecified atom stereocenters. The van der Waals surface area contributed by atoms with E-state index in [0.29, 0.717) is 0 Å². The van der Waals surface area contributed by atoms with Crippen molar-refractivity contribution in [3.63, 3.8) is 0 Å². The minimum absolute atomic E-state index is 0.0281. The Hall–Kier alpha value is -2.66. The third-order valence-corrected chi connectivity index (χ3v) is 5.65. The van der Waals surface area contributed by atoms with Crippen LogP contribution in [0.25, 0.3) is 11.0 Å². The second kappa shape index (κ2) is 8.15. The summed E-state index contributed by atoms with van der Waals surface area (Å²) in [6, 6.07) is 15.8. The van der Waals surface area contributed by atoms with Crippen molar-refractivity contribution < 1.29 is 9.53 Å². The molecule has 2 heterocycles. The first-order valence-electron chi connectivity index (χ1n) is 10.0. The van der Waals surface area contributed by atoms with Gasteiger partial charge in [0, 0.05) is 24.6 Å². The minimum Gasteiger partial charge on any atom is -0.497 e. The Kier molecular flexibility index (Phi) is 5.44. The van der Waals surface area contributed by atoms with E-state index in [0.717, 1.165) is 61.7 Å². The zero-order valence-electron chi connectivity index (χ0n) is 16.6. The van der Waals surface area contributed by atoms with E-state index in [-0.39, 0.29) is 11.7 Å². The SMILES string of the molecule is CCn1c(CN2CCCC(C(=O)c3cccc(OC)c3)C2)nc2ccccc21. The van der Waals surface area contributed by atoms with Crippen LogP contribution >= 0.6 is 0 Å². The molecule has 0 bridgehead atoms. The van der Waals surface area contributed by atoms with Crippen molar-refractivity contribution in [2.45, 2.75) is 32.9 Å². The molecule has 2 aromatic carbocycles. The van der Waals surface area contributed by atoms with E-state index in [2.05, 4.69) is 34.6 Å². The zero-order valence-corrected chi connectivity index (χ0v) is 16.6. The highest BCUT2D eigenvalue weighted by Crippen LogP contribution is 2.25. The van der Waals surface area contributed by atoms with E-state index in [4.69, 9.17) is 9.72 Å². The lowest BCUT2D eigenvalue weighted by Gasteiger charge is -2.31. The number of aromatic nitrogens is 2. The van der Waals surface area contributed by atoms with E-state index >= 15 is 0 Å². The number of ketones is 1. The Morgan fingerprint density at radius 2 is 2.07 bits per heavy atom. The first-order valence-corrected chi connectivity index (χ1v) is 10.0. The number of benzene rings is 2. The van der Waals surface area contributed by atoms with Crippen molar-refractivity contribution in [2.75, 3.05) is 20.2 Å². The fourth-order valence-corrected chi connectivity index (χ4v) is 4.22. The molecule has 0 amide bonds. The van der Waals surface area contributed by atoms with Crippen molar-refractivity contribution in [1.82, 2.24) is 14.5 Å². The van der Waals surface area contributed by atoms with Crippen molar-refractivity contribution in [1.29, 1.82) is 0 Å². The van der Waals surface area contributed by atoms with E-state index in [1.807, 2.05) is 30.3 Å². The molecule has 5 nitrogen and oxygen atoms in total. The third kappa shape index (κ3) is 3.67. The van der Waals surface area contributed by atoms with Crippen LogP contribution in [-0.2, 0) is 13.1 Å². The molecule has 1 aliphatic rings. The molecule has 0 N–H and O–H groups in total. The molecular weight excluding hydrogens is 350 g/mol. The number of hydrogen-bond acceptors (Lipinski definition) is 4. The summed E-state index contributed by atoms with van der Waals surface area (Å²) in [5.41, 5.74) is 2.97. The predicted octanol–water partition coefficient (Wildman–Crippen LogP) is 4.16. The number of aryl methyl sites for hydroxylation is 1. The fraction of sp³-hybridized carbons (Fsp3) is 0.391. The van der Waals surface area contributed by atoms with Crippen LogP contribution in [0.2, 0.25) is 0 Å². The average molecular weight is 377 g/mol. The summed E-state index contributed by atoms with van der Waals surface area (Å²) in [5.74, 6) is 2.06. The van der Waals surface area contributed by atoms with Gasteiger partial charge in [-0.15, -0.1) is 0 Å². The molecule has 146 valence electrons. The molecule has 1 aliphatic heterocycles. The van der Waals surface area contributed by atoms with Gasteiger partial charge >= 0.3 is 0 Å². The van der Waals surface area contributed by atoms with E-state index in [9.17, 15) is 4.79 Å². The van der Waals surface area contributed by atoms with Crippen LogP contribution in [0.1, 0.15) is 35.9 Å². The molecule has 1 saturated heterocycles. The molecule has 3 aromatic rings. The summed E-state index contributed by atoms with van der Waals surface area (Å²) in [7, 11) is 1.63. The Morgan fingerprint density at radius 3 is 2.89 bits per heavy atom. The van der Waals surface area contributed by atoms with Gasteiger partial charge in [-0.05, 0) is 50.6 Å². The molecule has 0 radical (unpaired) electrons. The molecule has 4 rings (SSSR count). The van der Waals surface area contributed by atoms with Crippen molar-refractivity contribution >= 4 is 16.8 Å². The molecule has 5 heteroatoms. The molecule has 1 aromatic heterocycles. The highest BCUT2D eigenvalue weighted by Gasteiger charge is 2.27. The number of fused-ring (bicyclic) bond motifs is 1. The van der Waals surface area contributed by atoms with Gasteiger partial charge in [0.05, 0.1) is 24.7 Å². The highest BCUT2D eigenvalue weighted by atomic mass is 16.5. The number of hydrogen-bond donors (Lipinski definition) is 0. The average Bonchev–Trinajstić information content (AvgIpc) is 3.10. The van der Waals surface area contributed by atoms with Gasteiger partial charge in [0.1, 0.15) is 11.6 Å². The zero-order chi connectivity index (χ0) is 19.5. The lowest BCUT2D eigenvalue weighted by atomic mass is 9.90. The second-order valence-electron chi connectivity index (χ2n) is 7.43. The number of nitrogens with zero attached hydrogens (tertiary/aromatic N) is 3. The smallest absolute Gasteiger partial charge is 0.167 e. The first-order chi connectivity index (χ1) is 13.7. The molecule has 1 fully saturated rings. The Morgan fingerprint density at radius 1 is 1.21 bits per heavy atom. The Balaban J connectivity index is 1.50. The van der Waals surface area contributed by atoms with Crippen LogP contribution < -0.4 is 4.74 Å². The fourth-order valence-electron chi connectivity index (χ4n) is 4.22. The van der Waals surface area contributed by atoms with Crippen molar-refractivity contribution in [2.24, 2.45) is 5.92 Å². The normalized spacial score (nSPS) is 17.7. The number of rotatable bonds is 6. The summed E-state index contributed by atoms with van der Waals surface area (Å²) in [6.45, 7) is 5.63. The number of carbonyl (C=O) groups is 1. The van der Waals surface area contributed by atoms with Gasteiger partial charge in [0.15, 0.2) is 5.78 Å². The number of imidazole rings is 1. The quantitative estimate of drug-likeness (QED) is 0.605. The predicted molar refractivity (Wildman–Crippen MR) is 111 cm³/mol. The van der Waals surface area contributed by atoms with E-state index in [1.54, 1.807) is 7.11 Å². The minimum atomic E-state index is 0.0281. The Labute approximate surface area is 165 Å². The van der Waals surface area contributed by atoms with Crippen LogP contribution in [0.4, 0.5) is 0 Å². The van der Waals surface area contributed by atoms with Crippen LogP contribution in [0.3, 0.4) is 0 Å². The van der Waals surface area contributed by atoms with Gasteiger partial charge < -0.3 is 9.30 Å². The van der Waals surface area contributed by atoms with Crippen LogP contribution in [-0.4, -0.2) is 40.4 Å². The molecule has 0 aliphatic carbocycles. The van der Waals surface area contributed by atoms with Crippen LogP contribution in [0, 0.1) is 5.92 Å². The van der Waals surface area contributed by atoms with Crippen molar-refractivity contribution in [3.05, 3.63) is 59.9 Å². The summed E-state index contributed by atoms with van der Waals surface area (Å²) in [5, 5.41) is 0. The number of methoxy groups -OCH3 is 1. The van der Waals surface area contributed by atoms with Crippen molar-refractivity contribution in [3.8, 4) is 5.75 Å². The van der Waals surface area contributed by atoms with Crippen LogP contribution in [0.15, 0.2) is 48.5 Å². The maximum Gasteiger partial charge on any atom is 0.167 e. The first kappa shape index (κ1) is 18.7. The van der Waals surface area contributed by atoms with E-state index < -0.39 is 0 Å². The molecule has 0 saturated carbocycles. The third-order valence-electron chi connectivity index (χ3n) is 5.65. The number of carbonyl (C=O) groups excluding carboxylic acids is 1. The second-order valence-corrected chi connectivity index (χ2v) is 7.43. The Bertz CT molecular complexity index is 979. The summed E-state index contributed by atoms with van der Waals surface area (Å²) < 4.78 is 7.55. The molecular formula is C23H27N3O2. The summed E-state index contributed by atoms with van der Waals surface area (Å²) in [6.07, 6.45) is 1.98. The summed E-state index contributed by atoms with van der Waals surface area (Å²) in [4.78, 5) is 20.2. The standard InChI is InChI=1S/C23H27N3O2/c1-3-26-21-12-5-4-11-20(21)24-22(26)16-25-13-7-9-18(15-25)23(27)17-8-6-10-19(14-17)28-2/h4-6,8,10-12,14,18H,3,7,9,13,15-16H2,1-2H3. The largest absolute Gasteiger partial charge is 0.497 e. The molecule has 28 heavy (non-hydrogen) atoms. The van der Waals surface area contributed by atoms with Gasteiger partial charge in [-0.2, -0.15) is 0 Å². The summed E-state index contributed by atoms with van der Waals surface area (Å²) >= 11 is 0. The van der Waals surface area contributed by atoms with Gasteiger partial charge in [-0.1, -0.05) is 24.3 Å². The maximum absolute atomic E-state index is 13.0. The number of ether oxygens (including phenoxy) is 1. The monoisotopic (exact) mass is 377 g/mol. The number of Topliss-reactive ketones (excluding diaryl/α,β-unsaturated/α-hetero) is 1. The number of likely N-dealkylation sites (tertiary alicyclic amines) is 1. The van der Waals surface area contributed by atoms with Gasteiger partial charge in [0.2, 0.25) is 0 Å². The lowest BCUT2D eigenvalue weighted by molar-refractivity contribution is 0.0807. The number of para-hydroxylation sites is 2. The number of piperidine rings is 1. The van der Waals surface area contributed by atoms with Gasteiger partial charge in [-0.3, -0.25) is 9.69 Å². The molecule has 0 spiro atoms. The van der Waals surface area contributed by atoms with Gasteiger partial charge in [-0.25, -0.2) is 4.98 Å². The van der Waals surface area contributed by atoms with E-state index in [1.165, 1.54) is 5.52 Å². The highest BCUT2D eigenvalue weighted by molar-refractivity contribution is 5.98. The maximum atomic E-state index is 13.0. The lowest BCUT2D eigenvalue weighted by Crippen LogP contribution is -2.38.